The summed E-state index contributed by atoms with van der Waals surface area (Å²) in [5.74, 6) is 2.09. The lowest BCUT2D eigenvalue weighted by atomic mass is 10.1. The monoisotopic (exact) mass is 354 g/mol. The molecular formula is C14H19BrN4S. The van der Waals surface area contributed by atoms with Crippen LogP contribution < -0.4 is 5.32 Å². The van der Waals surface area contributed by atoms with Crippen LogP contribution in [-0.2, 0) is 6.42 Å². The first-order valence-corrected chi connectivity index (χ1v) is 8.41. The molecule has 0 spiro atoms. The van der Waals surface area contributed by atoms with E-state index in [0.717, 1.165) is 39.7 Å². The highest BCUT2D eigenvalue weighted by molar-refractivity contribution is 9.10. The van der Waals surface area contributed by atoms with Crippen LogP contribution in [0.15, 0.2) is 9.85 Å². The highest BCUT2D eigenvalue weighted by Gasteiger charge is 2.15. The molecule has 0 aliphatic carbocycles. The van der Waals surface area contributed by atoms with E-state index in [9.17, 15) is 0 Å². The summed E-state index contributed by atoms with van der Waals surface area (Å²) in [5.41, 5.74) is 1.88. The van der Waals surface area contributed by atoms with Crippen molar-refractivity contribution in [1.29, 1.82) is 0 Å². The van der Waals surface area contributed by atoms with Gasteiger partial charge < -0.3 is 5.32 Å². The van der Waals surface area contributed by atoms with Crippen molar-refractivity contribution in [1.82, 2.24) is 15.0 Å². The van der Waals surface area contributed by atoms with Crippen molar-refractivity contribution in [3.63, 3.8) is 0 Å². The van der Waals surface area contributed by atoms with E-state index in [4.69, 9.17) is 0 Å². The van der Waals surface area contributed by atoms with Gasteiger partial charge in [0.25, 0.3) is 0 Å². The maximum Gasteiger partial charge on any atom is 0.181 e. The predicted molar refractivity (Wildman–Crippen MR) is 88.3 cm³/mol. The van der Waals surface area contributed by atoms with Gasteiger partial charge >= 0.3 is 0 Å². The Kier molecular flexibility index (Phi) is 5.10. The number of anilines is 1. The van der Waals surface area contributed by atoms with Gasteiger partial charge in [0.05, 0.1) is 15.2 Å². The summed E-state index contributed by atoms with van der Waals surface area (Å²) in [7, 11) is 0. The van der Waals surface area contributed by atoms with Crippen molar-refractivity contribution in [3.05, 3.63) is 20.6 Å². The van der Waals surface area contributed by atoms with Gasteiger partial charge in [0.2, 0.25) is 0 Å². The summed E-state index contributed by atoms with van der Waals surface area (Å²) in [6.07, 6.45) is 0.914. The Bertz CT molecular complexity index is 595. The minimum absolute atomic E-state index is 0.542. The highest BCUT2D eigenvalue weighted by atomic mass is 79.9. The molecule has 0 bridgehead atoms. The maximum absolute atomic E-state index is 4.69. The normalized spacial score (nSPS) is 11.1. The first-order chi connectivity index (χ1) is 9.51. The van der Waals surface area contributed by atoms with Crippen LogP contribution in [0.3, 0.4) is 0 Å². The molecule has 0 saturated heterocycles. The zero-order valence-corrected chi connectivity index (χ0v) is 14.6. The molecule has 0 atom stereocenters. The highest BCUT2D eigenvalue weighted by Crippen LogP contribution is 2.29. The summed E-state index contributed by atoms with van der Waals surface area (Å²) in [6, 6.07) is 0. The molecule has 0 aromatic carbocycles. The minimum Gasteiger partial charge on any atom is -0.369 e. The number of hydrogen-bond acceptors (Lipinski definition) is 5. The van der Waals surface area contributed by atoms with Gasteiger partial charge in [-0.25, -0.2) is 15.0 Å². The molecule has 0 fully saturated rings. The molecule has 20 heavy (non-hydrogen) atoms. The van der Waals surface area contributed by atoms with Crippen molar-refractivity contribution in [3.8, 4) is 11.5 Å². The molecule has 4 nitrogen and oxygen atoms in total. The summed E-state index contributed by atoms with van der Waals surface area (Å²) in [6.45, 7) is 9.26. The predicted octanol–water partition coefficient (Wildman–Crippen LogP) is 4.30. The van der Waals surface area contributed by atoms with E-state index in [1.807, 2.05) is 12.3 Å². The minimum atomic E-state index is 0.542. The van der Waals surface area contributed by atoms with Crippen LogP contribution in [0.2, 0.25) is 0 Å². The molecule has 0 radical (unpaired) electrons. The van der Waals surface area contributed by atoms with E-state index in [1.165, 1.54) is 0 Å². The average molecular weight is 355 g/mol. The average Bonchev–Trinajstić information content (AvgIpc) is 2.80. The zero-order chi connectivity index (χ0) is 14.7. The van der Waals surface area contributed by atoms with E-state index in [-0.39, 0.29) is 0 Å². The molecule has 0 amide bonds. The molecule has 2 aromatic rings. The van der Waals surface area contributed by atoms with E-state index in [1.54, 1.807) is 11.3 Å². The van der Waals surface area contributed by atoms with E-state index in [2.05, 4.69) is 57.0 Å². The smallest absolute Gasteiger partial charge is 0.181 e. The molecule has 0 aliphatic heterocycles. The van der Waals surface area contributed by atoms with Gasteiger partial charge in [-0.15, -0.1) is 11.3 Å². The van der Waals surface area contributed by atoms with Gasteiger partial charge in [-0.1, -0.05) is 13.8 Å². The molecule has 2 heterocycles. The summed E-state index contributed by atoms with van der Waals surface area (Å²) >= 11 is 5.24. The fourth-order valence-electron chi connectivity index (χ4n) is 1.88. The van der Waals surface area contributed by atoms with Gasteiger partial charge in [0.15, 0.2) is 5.82 Å². The number of halogens is 1. The van der Waals surface area contributed by atoms with Gasteiger partial charge in [-0.05, 0) is 42.1 Å². The molecule has 6 heteroatoms. The third-order valence-electron chi connectivity index (χ3n) is 2.71. The molecule has 2 aromatic heterocycles. The Hall–Kier alpha value is -1.01. The third kappa shape index (κ3) is 3.55. The number of thiazole rings is 1. The van der Waals surface area contributed by atoms with Crippen LogP contribution in [0.5, 0.6) is 0 Å². The maximum atomic E-state index is 4.69. The van der Waals surface area contributed by atoms with Gasteiger partial charge in [0, 0.05) is 11.9 Å². The summed E-state index contributed by atoms with van der Waals surface area (Å²) in [5, 5.41) is 6.32. The number of hydrogen-bond donors (Lipinski definition) is 1. The Labute approximate surface area is 132 Å². The lowest BCUT2D eigenvalue weighted by molar-refractivity contribution is 0.632. The largest absolute Gasteiger partial charge is 0.369 e. The first-order valence-electron chi connectivity index (χ1n) is 6.74. The second-order valence-electron chi connectivity index (χ2n) is 5.04. The zero-order valence-electron chi connectivity index (χ0n) is 12.2. The van der Waals surface area contributed by atoms with E-state index >= 15 is 0 Å². The van der Waals surface area contributed by atoms with Crippen molar-refractivity contribution >= 4 is 33.1 Å². The summed E-state index contributed by atoms with van der Waals surface area (Å²) < 4.78 is 0.962. The van der Waals surface area contributed by atoms with Crippen molar-refractivity contribution in [2.24, 2.45) is 5.92 Å². The van der Waals surface area contributed by atoms with Crippen LogP contribution >= 0.6 is 27.3 Å². The SMILES string of the molecule is CCNc1nc(-c2csc(C)n2)nc(CC(C)C)c1Br. The van der Waals surface area contributed by atoms with Gasteiger partial charge in [0.1, 0.15) is 11.5 Å². The van der Waals surface area contributed by atoms with Crippen LogP contribution in [0.1, 0.15) is 31.5 Å². The number of rotatable bonds is 5. The molecular weight excluding hydrogens is 336 g/mol. The van der Waals surface area contributed by atoms with Crippen molar-refractivity contribution in [2.45, 2.75) is 34.1 Å². The topological polar surface area (TPSA) is 50.7 Å². The Morgan fingerprint density at radius 1 is 1.30 bits per heavy atom. The van der Waals surface area contributed by atoms with Crippen LogP contribution in [0.4, 0.5) is 5.82 Å². The molecule has 0 unspecified atom stereocenters. The van der Waals surface area contributed by atoms with Gasteiger partial charge in [-0.2, -0.15) is 0 Å². The second kappa shape index (κ2) is 6.63. The number of nitrogens with one attached hydrogen (secondary N) is 1. The van der Waals surface area contributed by atoms with Crippen LogP contribution in [0, 0.1) is 12.8 Å². The first kappa shape index (κ1) is 15.4. The fourth-order valence-corrected chi connectivity index (χ4v) is 2.95. The van der Waals surface area contributed by atoms with Gasteiger partial charge in [-0.3, -0.25) is 0 Å². The standard InChI is InChI=1S/C14H19BrN4S/c1-5-16-14-12(15)10(6-8(2)3)18-13(19-14)11-7-20-9(4)17-11/h7-8H,5-6H2,1-4H3,(H,16,18,19). The lowest BCUT2D eigenvalue weighted by Gasteiger charge is -2.12. The lowest BCUT2D eigenvalue weighted by Crippen LogP contribution is -2.08. The number of aryl methyl sites for hydroxylation is 1. The quantitative estimate of drug-likeness (QED) is 0.869. The van der Waals surface area contributed by atoms with E-state index < -0.39 is 0 Å². The second-order valence-corrected chi connectivity index (χ2v) is 6.89. The number of nitrogens with zero attached hydrogens (tertiary/aromatic N) is 3. The molecule has 2 rings (SSSR count). The van der Waals surface area contributed by atoms with Crippen molar-refractivity contribution < 1.29 is 0 Å². The van der Waals surface area contributed by atoms with Crippen LogP contribution in [0.25, 0.3) is 11.5 Å². The fraction of sp³-hybridized carbons (Fsp3) is 0.500. The summed E-state index contributed by atoms with van der Waals surface area (Å²) in [4.78, 5) is 13.8. The van der Waals surface area contributed by atoms with Crippen LogP contribution in [-0.4, -0.2) is 21.5 Å². The Balaban J connectivity index is 2.49. The Morgan fingerprint density at radius 2 is 2.05 bits per heavy atom. The number of aromatic nitrogens is 3. The molecule has 1 N–H and O–H groups in total. The Morgan fingerprint density at radius 3 is 2.60 bits per heavy atom. The molecule has 0 saturated carbocycles. The molecule has 108 valence electrons. The third-order valence-corrected chi connectivity index (χ3v) is 4.32. The van der Waals surface area contributed by atoms with Crippen molar-refractivity contribution in [2.75, 3.05) is 11.9 Å². The van der Waals surface area contributed by atoms with E-state index in [0.29, 0.717) is 11.7 Å². The molecule has 0 aliphatic rings.